The number of carbonyl (C=O) groups excluding carboxylic acids is 1. The SMILES string of the molecule is CON(C)C(=O)c1cc2c(C)nn(Cc3ccc(Cl)cc3Cl)c2s1. The van der Waals surface area contributed by atoms with E-state index in [1.54, 1.807) is 19.2 Å². The van der Waals surface area contributed by atoms with E-state index in [1.807, 2.05) is 23.7 Å². The maximum Gasteiger partial charge on any atom is 0.287 e. The summed E-state index contributed by atoms with van der Waals surface area (Å²) < 4.78 is 1.86. The van der Waals surface area contributed by atoms with Crippen molar-refractivity contribution >= 4 is 50.7 Å². The molecule has 3 rings (SSSR count). The molecule has 0 fully saturated rings. The van der Waals surface area contributed by atoms with Crippen LogP contribution in [0.3, 0.4) is 0 Å². The summed E-state index contributed by atoms with van der Waals surface area (Å²) in [5, 5.41) is 7.90. The Morgan fingerprint density at radius 1 is 1.38 bits per heavy atom. The minimum absolute atomic E-state index is 0.186. The summed E-state index contributed by atoms with van der Waals surface area (Å²) in [7, 11) is 3.04. The fourth-order valence-electron chi connectivity index (χ4n) is 2.37. The van der Waals surface area contributed by atoms with Crippen molar-refractivity contribution in [2.75, 3.05) is 14.2 Å². The Morgan fingerprint density at radius 2 is 2.12 bits per heavy atom. The lowest BCUT2D eigenvalue weighted by molar-refractivity contribution is -0.0753. The molecule has 0 aliphatic carbocycles. The number of nitrogens with zero attached hydrogens (tertiary/aromatic N) is 3. The predicted molar refractivity (Wildman–Crippen MR) is 97.0 cm³/mol. The van der Waals surface area contributed by atoms with Crippen LogP contribution in [0.25, 0.3) is 10.2 Å². The molecule has 1 amide bonds. The highest BCUT2D eigenvalue weighted by Gasteiger charge is 2.19. The standard InChI is InChI=1S/C16H15Cl2N3O2S/c1-9-12-7-14(15(22)20(2)23-3)24-16(12)21(19-9)8-10-4-5-11(17)6-13(10)18/h4-7H,8H2,1-3H3. The van der Waals surface area contributed by atoms with Crippen molar-refractivity contribution in [2.24, 2.45) is 0 Å². The number of halogens is 2. The van der Waals surface area contributed by atoms with Crippen LogP contribution < -0.4 is 0 Å². The molecule has 2 aromatic heterocycles. The number of hydrogen-bond donors (Lipinski definition) is 0. The zero-order valence-corrected chi connectivity index (χ0v) is 15.7. The number of hydroxylamine groups is 2. The van der Waals surface area contributed by atoms with E-state index in [2.05, 4.69) is 5.10 Å². The molecule has 0 aliphatic heterocycles. The van der Waals surface area contributed by atoms with Gasteiger partial charge in [-0.15, -0.1) is 11.3 Å². The number of amides is 1. The van der Waals surface area contributed by atoms with Crippen molar-refractivity contribution < 1.29 is 9.63 Å². The number of hydrogen-bond acceptors (Lipinski definition) is 4. The van der Waals surface area contributed by atoms with Gasteiger partial charge in [-0.1, -0.05) is 29.3 Å². The molecule has 0 atom stereocenters. The Labute approximate surface area is 153 Å². The lowest BCUT2D eigenvalue weighted by Gasteiger charge is -2.11. The van der Waals surface area contributed by atoms with Gasteiger partial charge in [0.1, 0.15) is 4.83 Å². The Kier molecular flexibility index (Phi) is 4.83. The molecule has 3 aromatic rings. The Morgan fingerprint density at radius 3 is 2.79 bits per heavy atom. The van der Waals surface area contributed by atoms with Gasteiger partial charge in [-0.2, -0.15) is 5.10 Å². The molecule has 24 heavy (non-hydrogen) atoms. The van der Waals surface area contributed by atoms with Crippen LogP contribution in [0.5, 0.6) is 0 Å². The van der Waals surface area contributed by atoms with Gasteiger partial charge in [-0.05, 0) is 30.7 Å². The zero-order valence-electron chi connectivity index (χ0n) is 13.3. The third kappa shape index (κ3) is 3.15. The van der Waals surface area contributed by atoms with Gasteiger partial charge < -0.3 is 0 Å². The number of rotatable bonds is 4. The fourth-order valence-corrected chi connectivity index (χ4v) is 3.97. The van der Waals surface area contributed by atoms with E-state index in [4.69, 9.17) is 28.0 Å². The van der Waals surface area contributed by atoms with Gasteiger partial charge >= 0.3 is 0 Å². The van der Waals surface area contributed by atoms with Crippen LogP contribution in [0.4, 0.5) is 0 Å². The first-order chi connectivity index (χ1) is 11.4. The second-order valence-corrected chi connectivity index (χ2v) is 7.17. The molecule has 0 N–H and O–H groups in total. The monoisotopic (exact) mass is 383 g/mol. The van der Waals surface area contributed by atoms with Gasteiger partial charge in [0.2, 0.25) is 0 Å². The van der Waals surface area contributed by atoms with Crippen LogP contribution in [0.2, 0.25) is 10.0 Å². The second kappa shape index (κ2) is 6.72. The third-order valence-electron chi connectivity index (χ3n) is 3.71. The molecular weight excluding hydrogens is 369 g/mol. The van der Waals surface area contributed by atoms with Crippen LogP contribution in [-0.2, 0) is 11.4 Å². The Balaban J connectivity index is 1.99. The number of aryl methyl sites for hydroxylation is 1. The largest absolute Gasteiger partial charge is 0.287 e. The minimum atomic E-state index is -0.186. The molecule has 0 bridgehead atoms. The average molecular weight is 384 g/mol. The molecule has 8 heteroatoms. The first-order valence-electron chi connectivity index (χ1n) is 7.13. The first-order valence-corrected chi connectivity index (χ1v) is 8.71. The summed E-state index contributed by atoms with van der Waals surface area (Å²) in [5.41, 5.74) is 1.78. The molecule has 0 spiro atoms. The maximum atomic E-state index is 12.3. The molecule has 0 aliphatic rings. The summed E-state index contributed by atoms with van der Waals surface area (Å²) in [6.45, 7) is 2.43. The number of thiophene rings is 1. The topological polar surface area (TPSA) is 47.4 Å². The minimum Gasteiger partial charge on any atom is -0.274 e. The summed E-state index contributed by atoms with van der Waals surface area (Å²) in [6, 6.07) is 7.24. The Bertz CT molecular complexity index is 920. The van der Waals surface area contributed by atoms with Crippen molar-refractivity contribution in [3.05, 3.63) is 50.4 Å². The van der Waals surface area contributed by atoms with Crippen LogP contribution in [-0.4, -0.2) is 34.9 Å². The highest BCUT2D eigenvalue weighted by Crippen LogP contribution is 2.30. The van der Waals surface area contributed by atoms with Crippen LogP contribution in [0.1, 0.15) is 20.9 Å². The number of benzene rings is 1. The van der Waals surface area contributed by atoms with E-state index in [1.165, 1.54) is 23.5 Å². The molecular formula is C16H15Cl2N3O2S. The summed E-state index contributed by atoms with van der Waals surface area (Å²) in [5.74, 6) is -0.186. The molecule has 0 saturated carbocycles. The van der Waals surface area contributed by atoms with E-state index in [9.17, 15) is 4.79 Å². The van der Waals surface area contributed by atoms with Crippen molar-refractivity contribution in [3.63, 3.8) is 0 Å². The second-order valence-electron chi connectivity index (χ2n) is 5.29. The summed E-state index contributed by atoms with van der Waals surface area (Å²) >= 11 is 13.6. The van der Waals surface area contributed by atoms with Crippen LogP contribution >= 0.6 is 34.5 Å². The lowest BCUT2D eigenvalue weighted by Crippen LogP contribution is -2.24. The normalized spacial score (nSPS) is 11.2. The predicted octanol–water partition coefficient (Wildman–Crippen LogP) is 4.39. The highest BCUT2D eigenvalue weighted by molar-refractivity contribution is 7.20. The summed E-state index contributed by atoms with van der Waals surface area (Å²) in [4.78, 5) is 18.7. The summed E-state index contributed by atoms with van der Waals surface area (Å²) in [6.07, 6.45) is 0. The smallest absolute Gasteiger partial charge is 0.274 e. The average Bonchev–Trinajstić information content (AvgIpc) is 3.10. The maximum absolute atomic E-state index is 12.3. The number of carbonyl (C=O) groups is 1. The van der Waals surface area contributed by atoms with Crippen LogP contribution in [0.15, 0.2) is 24.3 Å². The third-order valence-corrected chi connectivity index (χ3v) is 5.44. The molecule has 0 saturated heterocycles. The van der Waals surface area contributed by atoms with Crippen molar-refractivity contribution in [1.82, 2.24) is 14.8 Å². The van der Waals surface area contributed by atoms with Gasteiger partial charge in [0, 0.05) is 22.5 Å². The van der Waals surface area contributed by atoms with Gasteiger partial charge in [0.15, 0.2) is 0 Å². The molecule has 0 radical (unpaired) electrons. The van der Waals surface area contributed by atoms with E-state index in [0.717, 1.165) is 21.5 Å². The lowest BCUT2D eigenvalue weighted by atomic mass is 10.2. The van der Waals surface area contributed by atoms with Crippen molar-refractivity contribution in [2.45, 2.75) is 13.5 Å². The Hall–Kier alpha value is -1.60. The van der Waals surface area contributed by atoms with E-state index in [-0.39, 0.29) is 5.91 Å². The molecule has 2 heterocycles. The molecule has 1 aromatic carbocycles. The van der Waals surface area contributed by atoms with Gasteiger partial charge in [0.05, 0.1) is 24.2 Å². The zero-order chi connectivity index (χ0) is 17.4. The number of aromatic nitrogens is 2. The fraction of sp³-hybridized carbons (Fsp3) is 0.250. The molecule has 0 unspecified atom stereocenters. The van der Waals surface area contributed by atoms with Gasteiger partial charge in [0.25, 0.3) is 5.91 Å². The highest BCUT2D eigenvalue weighted by atomic mass is 35.5. The van der Waals surface area contributed by atoms with E-state index in [0.29, 0.717) is 21.5 Å². The van der Waals surface area contributed by atoms with E-state index >= 15 is 0 Å². The van der Waals surface area contributed by atoms with Gasteiger partial charge in [-0.3, -0.25) is 14.3 Å². The number of fused-ring (bicyclic) bond motifs is 1. The first kappa shape index (κ1) is 17.2. The van der Waals surface area contributed by atoms with E-state index < -0.39 is 0 Å². The van der Waals surface area contributed by atoms with Crippen LogP contribution in [0, 0.1) is 6.92 Å². The molecule has 126 valence electrons. The molecule has 5 nitrogen and oxygen atoms in total. The van der Waals surface area contributed by atoms with Crippen molar-refractivity contribution in [3.8, 4) is 0 Å². The van der Waals surface area contributed by atoms with Gasteiger partial charge in [-0.25, -0.2) is 5.06 Å². The quantitative estimate of drug-likeness (QED) is 0.627. The van der Waals surface area contributed by atoms with Crippen molar-refractivity contribution in [1.29, 1.82) is 0 Å².